The van der Waals surface area contributed by atoms with E-state index >= 15 is 0 Å². The zero-order chi connectivity index (χ0) is 22.3. The molecule has 0 saturated heterocycles. The largest absolute Gasteiger partial charge is 0.495 e. The molecular weight excluding hydrogens is 438 g/mol. The van der Waals surface area contributed by atoms with Crippen LogP contribution < -0.4 is 20.3 Å². The first-order valence-corrected chi connectivity index (χ1v) is 11.3. The molecule has 10 heteroatoms. The normalized spacial score (nSPS) is 11.1. The topological polar surface area (TPSA) is 114 Å². The molecule has 31 heavy (non-hydrogen) atoms. The number of carbonyl (C=O) groups is 2. The molecule has 8 nitrogen and oxygen atoms in total. The summed E-state index contributed by atoms with van der Waals surface area (Å²) >= 11 is 1.47. The van der Waals surface area contributed by atoms with Crippen LogP contribution in [-0.4, -0.2) is 27.3 Å². The highest BCUT2D eigenvalue weighted by Crippen LogP contribution is 2.26. The molecule has 1 heterocycles. The van der Waals surface area contributed by atoms with E-state index in [0.29, 0.717) is 5.75 Å². The molecule has 3 N–H and O–H groups in total. The van der Waals surface area contributed by atoms with E-state index in [9.17, 15) is 18.0 Å². The Bertz CT molecular complexity index is 1210. The molecule has 3 rings (SSSR count). The number of nitrogens with one attached hydrogen (secondary N) is 3. The molecule has 1 aromatic heterocycles. The summed E-state index contributed by atoms with van der Waals surface area (Å²) in [4.78, 5) is 24.9. The lowest BCUT2D eigenvalue weighted by molar-refractivity contribution is -0.117. The zero-order valence-electron chi connectivity index (χ0n) is 16.4. The predicted molar refractivity (Wildman–Crippen MR) is 119 cm³/mol. The minimum absolute atomic E-state index is 0.0606. The predicted octanol–water partition coefficient (Wildman–Crippen LogP) is 3.03. The van der Waals surface area contributed by atoms with E-state index < -0.39 is 21.8 Å². The molecule has 0 spiro atoms. The number of para-hydroxylation sites is 2. The number of carbonyl (C=O) groups excluding carboxylic acids is 2. The molecule has 0 fully saturated rings. The summed E-state index contributed by atoms with van der Waals surface area (Å²) in [6.45, 7) is 0. The van der Waals surface area contributed by atoms with E-state index in [1.165, 1.54) is 48.8 Å². The Morgan fingerprint density at radius 3 is 2.55 bits per heavy atom. The SMILES string of the molecule is COc1ccccc1NS(=O)(=O)c1cccc(C(=O)NNC(=O)C=Cc2cccs2)c1. The Hall–Kier alpha value is -3.63. The van der Waals surface area contributed by atoms with Crippen molar-refractivity contribution in [1.82, 2.24) is 10.9 Å². The molecule has 2 amide bonds. The van der Waals surface area contributed by atoms with Crippen LogP contribution in [-0.2, 0) is 14.8 Å². The summed E-state index contributed by atoms with van der Waals surface area (Å²) in [5, 5.41) is 1.88. The van der Waals surface area contributed by atoms with Crippen molar-refractivity contribution >= 4 is 44.9 Å². The molecule has 0 unspecified atom stereocenters. The third-order valence-electron chi connectivity index (χ3n) is 4.00. The van der Waals surface area contributed by atoms with Crippen LogP contribution in [0, 0.1) is 0 Å². The highest BCUT2D eigenvalue weighted by atomic mass is 32.2. The van der Waals surface area contributed by atoms with Gasteiger partial charge in [0.05, 0.1) is 17.7 Å². The summed E-state index contributed by atoms with van der Waals surface area (Å²) < 4.78 is 33.1. The molecule has 3 aromatic rings. The molecule has 0 bridgehead atoms. The fraction of sp³-hybridized carbons (Fsp3) is 0.0476. The quantitative estimate of drug-likeness (QED) is 0.373. The van der Waals surface area contributed by atoms with Gasteiger partial charge in [0.25, 0.3) is 21.8 Å². The van der Waals surface area contributed by atoms with Gasteiger partial charge in [0, 0.05) is 16.5 Å². The molecule has 0 saturated carbocycles. The lowest BCUT2D eigenvalue weighted by Gasteiger charge is -2.12. The molecule has 0 radical (unpaired) electrons. The summed E-state index contributed by atoms with van der Waals surface area (Å²) in [6, 6.07) is 15.7. The first-order chi connectivity index (χ1) is 14.9. The molecule has 0 aliphatic rings. The van der Waals surface area contributed by atoms with Crippen LogP contribution in [0.2, 0.25) is 0 Å². The summed E-state index contributed by atoms with van der Waals surface area (Å²) in [5.41, 5.74) is 4.84. The maximum atomic E-state index is 12.7. The van der Waals surface area contributed by atoms with E-state index in [-0.39, 0.29) is 16.1 Å². The number of benzene rings is 2. The fourth-order valence-corrected chi connectivity index (χ4v) is 4.25. The maximum Gasteiger partial charge on any atom is 0.269 e. The molecule has 0 aliphatic carbocycles. The van der Waals surface area contributed by atoms with Crippen LogP contribution in [0.1, 0.15) is 15.2 Å². The number of rotatable bonds is 7. The second-order valence-electron chi connectivity index (χ2n) is 6.13. The molecule has 2 aromatic carbocycles. The molecule has 160 valence electrons. The van der Waals surface area contributed by atoms with Crippen molar-refractivity contribution in [3.8, 4) is 5.75 Å². The summed E-state index contributed by atoms with van der Waals surface area (Å²) in [6.07, 6.45) is 2.90. The van der Waals surface area contributed by atoms with Gasteiger partial charge in [-0.05, 0) is 47.9 Å². The number of hydrazine groups is 1. The average molecular weight is 458 g/mol. The summed E-state index contributed by atoms with van der Waals surface area (Å²) in [7, 11) is -2.54. The van der Waals surface area contributed by atoms with E-state index in [4.69, 9.17) is 4.74 Å². The van der Waals surface area contributed by atoms with Gasteiger partial charge in [0.1, 0.15) is 5.75 Å². The minimum atomic E-state index is -3.97. The van der Waals surface area contributed by atoms with Gasteiger partial charge in [-0.15, -0.1) is 11.3 Å². The second kappa shape index (κ2) is 9.92. The Kier molecular flexibility index (Phi) is 7.06. The van der Waals surface area contributed by atoms with Gasteiger partial charge in [-0.1, -0.05) is 24.3 Å². The first-order valence-electron chi connectivity index (χ1n) is 8.97. The Morgan fingerprint density at radius 2 is 1.81 bits per heavy atom. The van der Waals surface area contributed by atoms with Gasteiger partial charge >= 0.3 is 0 Å². The lowest BCUT2D eigenvalue weighted by Crippen LogP contribution is -2.40. The molecule has 0 aliphatic heterocycles. The van der Waals surface area contributed by atoms with Crippen LogP contribution in [0.4, 0.5) is 5.69 Å². The third kappa shape index (κ3) is 5.93. The zero-order valence-corrected chi connectivity index (χ0v) is 18.0. The van der Waals surface area contributed by atoms with Crippen molar-refractivity contribution in [3.63, 3.8) is 0 Å². The van der Waals surface area contributed by atoms with Crippen LogP contribution in [0.25, 0.3) is 6.08 Å². The number of ether oxygens (including phenoxy) is 1. The number of hydrogen-bond acceptors (Lipinski definition) is 6. The maximum absolute atomic E-state index is 12.7. The number of sulfonamides is 1. The standard InChI is InChI=1S/C21H19N3O5S2/c1-29-19-10-3-2-9-18(19)24-31(27,28)17-8-4-6-15(14-17)21(26)23-22-20(25)12-11-16-7-5-13-30-16/h2-14,24H,1H3,(H,22,25)(H,23,26). The van der Waals surface area contributed by atoms with Gasteiger partial charge < -0.3 is 4.74 Å². The van der Waals surface area contributed by atoms with Crippen molar-refractivity contribution in [1.29, 1.82) is 0 Å². The van der Waals surface area contributed by atoms with Gasteiger partial charge in [-0.25, -0.2) is 8.42 Å². The number of amides is 2. The van der Waals surface area contributed by atoms with E-state index in [1.807, 2.05) is 17.5 Å². The highest BCUT2D eigenvalue weighted by Gasteiger charge is 2.18. The minimum Gasteiger partial charge on any atom is -0.495 e. The summed E-state index contributed by atoms with van der Waals surface area (Å²) in [5.74, 6) is -0.825. The van der Waals surface area contributed by atoms with Crippen molar-refractivity contribution in [2.45, 2.75) is 4.90 Å². The fourth-order valence-electron chi connectivity index (χ4n) is 2.51. The average Bonchev–Trinajstić information content (AvgIpc) is 3.30. The second-order valence-corrected chi connectivity index (χ2v) is 8.79. The Morgan fingerprint density at radius 1 is 1.00 bits per heavy atom. The van der Waals surface area contributed by atoms with E-state index in [2.05, 4.69) is 15.6 Å². The van der Waals surface area contributed by atoms with Crippen LogP contribution in [0.15, 0.2) is 77.0 Å². The Labute approximate surface area is 183 Å². The molecule has 0 atom stereocenters. The van der Waals surface area contributed by atoms with Crippen molar-refractivity contribution < 1.29 is 22.7 Å². The smallest absolute Gasteiger partial charge is 0.269 e. The third-order valence-corrected chi connectivity index (χ3v) is 6.20. The Balaban J connectivity index is 1.67. The number of hydrogen-bond donors (Lipinski definition) is 3. The van der Waals surface area contributed by atoms with Gasteiger partial charge in [-0.2, -0.15) is 0 Å². The number of anilines is 1. The van der Waals surface area contributed by atoms with Crippen molar-refractivity contribution in [2.75, 3.05) is 11.8 Å². The number of methoxy groups -OCH3 is 1. The lowest BCUT2D eigenvalue weighted by atomic mass is 10.2. The first kappa shape index (κ1) is 22.1. The van der Waals surface area contributed by atoms with Crippen LogP contribution in [0.5, 0.6) is 5.75 Å². The van der Waals surface area contributed by atoms with Crippen molar-refractivity contribution in [3.05, 3.63) is 82.6 Å². The van der Waals surface area contributed by atoms with Crippen LogP contribution in [0.3, 0.4) is 0 Å². The van der Waals surface area contributed by atoms with Gasteiger partial charge in [0.2, 0.25) is 0 Å². The number of thiophene rings is 1. The van der Waals surface area contributed by atoms with Crippen LogP contribution >= 0.6 is 11.3 Å². The highest BCUT2D eigenvalue weighted by molar-refractivity contribution is 7.92. The monoisotopic (exact) mass is 457 g/mol. The van der Waals surface area contributed by atoms with Gasteiger partial charge in [0.15, 0.2) is 0 Å². The molecular formula is C21H19N3O5S2. The van der Waals surface area contributed by atoms with E-state index in [1.54, 1.807) is 30.3 Å². The van der Waals surface area contributed by atoms with E-state index in [0.717, 1.165) is 4.88 Å². The van der Waals surface area contributed by atoms with Crippen molar-refractivity contribution in [2.24, 2.45) is 0 Å². The van der Waals surface area contributed by atoms with Gasteiger partial charge in [-0.3, -0.25) is 25.2 Å².